The molecule has 0 aliphatic heterocycles. The fourth-order valence-electron chi connectivity index (χ4n) is 2.22. The molecule has 7 heteroatoms. The van der Waals surface area contributed by atoms with Crippen molar-refractivity contribution < 1.29 is 4.74 Å². The van der Waals surface area contributed by atoms with Crippen LogP contribution >= 0.6 is 28.1 Å². The number of rotatable bonds is 6. The fourth-order valence-corrected chi connectivity index (χ4v) is 2.91. The van der Waals surface area contributed by atoms with Gasteiger partial charge in [-0.25, -0.2) is 5.10 Å². The third-order valence-corrected chi connectivity index (χ3v) is 4.31. The highest BCUT2D eigenvalue weighted by Crippen LogP contribution is 2.25. The van der Waals surface area contributed by atoms with Crippen LogP contribution in [0.1, 0.15) is 18.9 Å². The van der Waals surface area contributed by atoms with Gasteiger partial charge in [0, 0.05) is 5.56 Å². The van der Waals surface area contributed by atoms with Crippen molar-refractivity contribution in [2.45, 2.75) is 13.3 Å². The summed E-state index contributed by atoms with van der Waals surface area (Å²) in [6.45, 7) is 2.77. The van der Waals surface area contributed by atoms with Gasteiger partial charge in [-0.3, -0.25) is 0 Å². The van der Waals surface area contributed by atoms with Crippen LogP contribution in [0.2, 0.25) is 0 Å². The Bertz CT molecular complexity index is 934. The monoisotopic (exact) mass is 416 g/mol. The van der Waals surface area contributed by atoms with Crippen molar-refractivity contribution in [2.24, 2.45) is 5.10 Å². The Kier molecular flexibility index (Phi) is 5.78. The molecular formula is C18H17BrN4OS. The maximum atomic E-state index is 5.66. The number of nitrogens with zero attached hydrogens (tertiary/aromatic N) is 3. The van der Waals surface area contributed by atoms with Gasteiger partial charge < -0.3 is 4.74 Å². The molecule has 1 N–H and O–H groups in total. The Morgan fingerprint density at radius 2 is 2.08 bits per heavy atom. The third kappa shape index (κ3) is 4.24. The highest BCUT2D eigenvalue weighted by molar-refractivity contribution is 9.10. The molecule has 0 saturated carbocycles. The number of ether oxygens (including phenoxy) is 1. The second-order valence-electron chi connectivity index (χ2n) is 5.31. The van der Waals surface area contributed by atoms with E-state index in [9.17, 15) is 0 Å². The number of H-pyrrole nitrogens is 1. The van der Waals surface area contributed by atoms with Crippen LogP contribution in [-0.4, -0.2) is 27.7 Å². The predicted octanol–water partition coefficient (Wildman–Crippen LogP) is 5.04. The van der Waals surface area contributed by atoms with Crippen molar-refractivity contribution in [3.63, 3.8) is 0 Å². The smallest absolute Gasteiger partial charge is 0.216 e. The van der Waals surface area contributed by atoms with E-state index in [-0.39, 0.29) is 0 Å². The van der Waals surface area contributed by atoms with Crippen LogP contribution in [0.25, 0.3) is 11.4 Å². The van der Waals surface area contributed by atoms with Crippen molar-refractivity contribution in [3.8, 4) is 17.1 Å². The summed E-state index contributed by atoms with van der Waals surface area (Å²) in [6.07, 6.45) is 2.71. The summed E-state index contributed by atoms with van der Waals surface area (Å²) in [6, 6.07) is 15.6. The summed E-state index contributed by atoms with van der Waals surface area (Å²) in [7, 11) is 0. The number of hydrogen-bond acceptors (Lipinski definition) is 4. The van der Waals surface area contributed by atoms with E-state index in [0.717, 1.165) is 27.8 Å². The van der Waals surface area contributed by atoms with Gasteiger partial charge in [-0.05, 0) is 58.3 Å². The minimum absolute atomic E-state index is 0.442. The largest absolute Gasteiger partial charge is 0.492 e. The van der Waals surface area contributed by atoms with Crippen LogP contribution < -0.4 is 4.74 Å². The van der Waals surface area contributed by atoms with Crippen LogP contribution in [0.5, 0.6) is 5.75 Å². The number of hydrogen-bond donors (Lipinski definition) is 1. The van der Waals surface area contributed by atoms with E-state index in [1.165, 1.54) is 0 Å². The molecule has 0 spiro atoms. The Morgan fingerprint density at radius 1 is 1.28 bits per heavy atom. The van der Waals surface area contributed by atoms with Gasteiger partial charge in [0.2, 0.25) is 4.77 Å². The quantitative estimate of drug-likeness (QED) is 0.452. The molecule has 0 bridgehead atoms. The molecule has 0 unspecified atom stereocenters. The predicted molar refractivity (Wildman–Crippen MR) is 106 cm³/mol. The third-order valence-electron chi connectivity index (χ3n) is 3.42. The summed E-state index contributed by atoms with van der Waals surface area (Å²) in [5.74, 6) is 1.49. The zero-order chi connectivity index (χ0) is 17.6. The number of benzene rings is 2. The van der Waals surface area contributed by atoms with Gasteiger partial charge in [0.25, 0.3) is 0 Å². The second kappa shape index (κ2) is 8.22. The van der Waals surface area contributed by atoms with Gasteiger partial charge in [0.15, 0.2) is 5.82 Å². The van der Waals surface area contributed by atoms with E-state index in [2.05, 4.69) is 38.2 Å². The van der Waals surface area contributed by atoms with Gasteiger partial charge in [0.1, 0.15) is 5.75 Å². The van der Waals surface area contributed by atoms with Crippen LogP contribution in [0.3, 0.4) is 0 Å². The Morgan fingerprint density at radius 3 is 2.80 bits per heavy atom. The molecule has 0 aliphatic rings. The first-order valence-corrected chi connectivity index (χ1v) is 9.08. The molecule has 3 rings (SSSR count). The summed E-state index contributed by atoms with van der Waals surface area (Å²) < 4.78 is 8.60. The highest BCUT2D eigenvalue weighted by Gasteiger charge is 2.07. The molecule has 25 heavy (non-hydrogen) atoms. The molecule has 1 heterocycles. The summed E-state index contributed by atoms with van der Waals surface area (Å²) in [5, 5.41) is 11.5. The number of nitrogens with one attached hydrogen (secondary N) is 1. The van der Waals surface area contributed by atoms with Gasteiger partial charge in [-0.1, -0.05) is 37.3 Å². The van der Waals surface area contributed by atoms with E-state index in [1.807, 2.05) is 48.5 Å². The molecule has 0 atom stereocenters. The highest BCUT2D eigenvalue weighted by atomic mass is 79.9. The second-order valence-corrected chi connectivity index (χ2v) is 6.55. The fraction of sp³-hybridized carbons (Fsp3) is 0.167. The molecule has 0 radical (unpaired) electrons. The molecular weight excluding hydrogens is 400 g/mol. The number of aromatic amines is 1. The first-order valence-electron chi connectivity index (χ1n) is 7.88. The molecule has 1 aromatic heterocycles. The number of halogens is 1. The molecule has 3 aromatic rings. The lowest BCUT2D eigenvalue weighted by Crippen LogP contribution is -1.97. The molecule has 0 saturated heterocycles. The van der Waals surface area contributed by atoms with Crippen LogP contribution in [0.4, 0.5) is 0 Å². The Hall–Kier alpha value is -2.25. The average Bonchev–Trinajstić information content (AvgIpc) is 3.00. The maximum Gasteiger partial charge on any atom is 0.216 e. The van der Waals surface area contributed by atoms with E-state index < -0.39 is 0 Å². The molecule has 0 aliphatic carbocycles. The van der Waals surface area contributed by atoms with Crippen LogP contribution in [0.15, 0.2) is 58.1 Å². The Labute approximate surface area is 159 Å². The van der Waals surface area contributed by atoms with Gasteiger partial charge in [-0.2, -0.15) is 14.9 Å². The molecule has 128 valence electrons. The first-order chi connectivity index (χ1) is 12.2. The summed E-state index contributed by atoms with van der Waals surface area (Å²) in [5.41, 5.74) is 1.87. The minimum Gasteiger partial charge on any atom is -0.492 e. The van der Waals surface area contributed by atoms with Crippen LogP contribution in [0, 0.1) is 4.77 Å². The van der Waals surface area contributed by atoms with E-state index in [4.69, 9.17) is 17.0 Å². The lowest BCUT2D eigenvalue weighted by molar-refractivity contribution is 0.315. The average molecular weight is 417 g/mol. The van der Waals surface area contributed by atoms with E-state index >= 15 is 0 Å². The maximum absolute atomic E-state index is 5.66. The zero-order valence-electron chi connectivity index (χ0n) is 13.6. The van der Waals surface area contributed by atoms with Crippen molar-refractivity contribution >= 4 is 34.4 Å². The van der Waals surface area contributed by atoms with E-state index in [1.54, 1.807) is 10.9 Å². The molecule has 0 amide bonds. The van der Waals surface area contributed by atoms with Crippen LogP contribution in [-0.2, 0) is 0 Å². The van der Waals surface area contributed by atoms with Crippen molar-refractivity contribution in [1.82, 2.24) is 14.9 Å². The van der Waals surface area contributed by atoms with E-state index in [0.29, 0.717) is 17.2 Å². The number of aromatic nitrogens is 3. The summed E-state index contributed by atoms with van der Waals surface area (Å²) in [4.78, 5) is 0. The lowest BCUT2D eigenvalue weighted by Gasteiger charge is -2.07. The topological polar surface area (TPSA) is 55.2 Å². The zero-order valence-corrected chi connectivity index (χ0v) is 16.0. The van der Waals surface area contributed by atoms with Gasteiger partial charge in [0.05, 0.1) is 17.3 Å². The lowest BCUT2D eigenvalue weighted by atomic mass is 10.2. The van der Waals surface area contributed by atoms with Gasteiger partial charge in [-0.15, -0.1) is 0 Å². The SMILES string of the molecule is CCCOc1ccc(/C=N\n2c(-c3ccccc3)n[nH]c2=S)cc1Br. The standard InChI is InChI=1S/C18H17BrN4OS/c1-2-10-24-16-9-8-13(11-15(16)19)12-20-23-17(21-22-18(23)25)14-6-4-3-5-7-14/h3-9,11-12H,2,10H2,1H3,(H,22,25)/b20-12-. The van der Waals surface area contributed by atoms with Crippen molar-refractivity contribution in [2.75, 3.05) is 6.61 Å². The first kappa shape index (κ1) is 17.6. The van der Waals surface area contributed by atoms with Gasteiger partial charge >= 0.3 is 0 Å². The van der Waals surface area contributed by atoms with Crippen molar-refractivity contribution in [3.05, 3.63) is 63.3 Å². The molecule has 0 fully saturated rings. The summed E-state index contributed by atoms with van der Waals surface area (Å²) >= 11 is 8.81. The molecule has 5 nitrogen and oxygen atoms in total. The minimum atomic E-state index is 0.442. The Balaban J connectivity index is 1.87. The normalized spacial score (nSPS) is 11.1. The van der Waals surface area contributed by atoms with Crippen molar-refractivity contribution in [1.29, 1.82) is 0 Å². The molecule has 2 aromatic carbocycles.